The van der Waals surface area contributed by atoms with Gasteiger partial charge in [0, 0.05) is 5.56 Å². The van der Waals surface area contributed by atoms with Gasteiger partial charge in [-0.15, -0.1) is 0 Å². The quantitative estimate of drug-likeness (QED) is 0.436. The van der Waals surface area contributed by atoms with Crippen molar-refractivity contribution in [3.8, 4) is 5.75 Å². The van der Waals surface area contributed by atoms with Crippen LogP contribution in [0.4, 0.5) is 0 Å². The largest absolute Gasteiger partial charge is 0.487 e. The summed E-state index contributed by atoms with van der Waals surface area (Å²) < 4.78 is 10.4. The Bertz CT molecular complexity index is 683. The summed E-state index contributed by atoms with van der Waals surface area (Å²) in [5.41, 5.74) is 1.38. The summed E-state index contributed by atoms with van der Waals surface area (Å²) in [6, 6.07) is 14.4. The molecular formula is C18H17ClO4. The lowest BCUT2D eigenvalue weighted by molar-refractivity contribution is -0.141. The van der Waals surface area contributed by atoms with Crippen molar-refractivity contribution in [2.75, 3.05) is 6.61 Å². The molecule has 4 nitrogen and oxygen atoms in total. The van der Waals surface area contributed by atoms with Crippen LogP contribution in [0, 0.1) is 0 Å². The Morgan fingerprint density at radius 3 is 2.48 bits per heavy atom. The van der Waals surface area contributed by atoms with Crippen LogP contribution < -0.4 is 4.74 Å². The Kier molecular flexibility index (Phi) is 6.18. The summed E-state index contributed by atoms with van der Waals surface area (Å²) in [5, 5.41) is 0.329. The fourth-order valence-corrected chi connectivity index (χ4v) is 2.21. The first-order valence-electron chi connectivity index (χ1n) is 7.25. The predicted molar refractivity (Wildman–Crippen MR) is 87.8 cm³/mol. The highest BCUT2D eigenvalue weighted by Crippen LogP contribution is 2.27. The lowest BCUT2D eigenvalue weighted by atomic mass is 10.1. The van der Waals surface area contributed by atoms with Gasteiger partial charge < -0.3 is 9.47 Å². The van der Waals surface area contributed by atoms with Gasteiger partial charge in [-0.25, -0.2) is 0 Å². The number of carbonyl (C=O) groups is 2. The molecule has 0 bridgehead atoms. The van der Waals surface area contributed by atoms with Crippen molar-refractivity contribution in [1.82, 2.24) is 0 Å². The van der Waals surface area contributed by atoms with E-state index in [0.29, 0.717) is 22.9 Å². The van der Waals surface area contributed by atoms with Crippen molar-refractivity contribution in [1.29, 1.82) is 0 Å². The predicted octanol–water partition coefficient (Wildman–Crippen LogP) is 4.05. The normalized spacial score (nSPS) is 10.2. The number of carbonyl (C=O) groups excluding carboxylic acids is 2. The number of rotatable bonds is 7. The van der Waals surface area contributed by atoms with E-state index in [1.54, 1.807) is 19.1 Å². The number of esters is 1. The van der Waals surface area contributed by atoms with Crippen molar-refractivity contribution < 1.29 is 19.1 Å². The molecule has 0 unspecified atom stereocenters. The summed E-state index contributed by atoms with van der Waals surface area (Å²) in [6.07, 6.45) is -0.297. The van der Waals surface area contributed by atoms with Gasteiger partial charge in [0.25, 0.3) is 0 Å². The van der Waals surface area contributed by atoms with Crippen LogP contribution in [0.25, 0.3) is 0 Å². The second kappa shape index (κ2) is 8.34. The number of ketones is 1. The van der Waals surface area contributed by atoms with Crippen LogP contribution in [0.15, 0.2) is 48.5 Å². The Balaban J connectivity index is 2.00. The maximum Gasteiger partial charge on any atom is 0.313 e. The molecule has 0 saturated heterocycles. The number of hydrogen-bond donors (Lipinski definition) is 0. The molecule has 0 atom stereocenters. The lowest BCUT2D eigenvalue weighted by Crippen LogP contribution is -2.11. The minimum absolute atomic E-state index is 0.249. The molecule has 120 valence electrons. The number of Topliss-reactive ketones (excluding diaryl/α,β-unsaturated/α-hetero) is 1. The molecule has 0 saturated carbocycles. The molecule has 0 fully saturated rings. The lowest BCUT2D eigenvalue weighted by Gasteiger charge is -2.09. The molecule has 0 radical (unpaired) electrons. The summed E-state index contributed by atoms with van der Waals surface area (Å²) in [5.74, 6) is -0.388. The first-order valence-corrected chi connectivity index (χ1v) is 7.63. The highest BCUT2D eigenvalue weighted by molar-refractivity contribution is 6.32. The first-order chi connectivity index (χ1) is 11.1. The van der Waals surface area contributed by atoms with Crippen molar-refractivity contribution >= 4 is 23.4 Å². The molecule has 0 N–H and O–H groups in total. The SMILES string of the molecule is CCOC(=O)CC(=O)c1ccc(OCc2ccccc2)c(Cl)c1. The van der Waals surface area contributed by atoms with E-state index in [-0.39, 0.29) is 18.8 Å². The Hall–Kier alpha value is -2.33. The Morgan fingerprint density at radius 2 is 1.83 bits per heavy atom. The highest BCUT2D eigenvalue weighted by atomic mass is 35.5. The second-order valence-corrected chi connectivity index (χ2v) is 5.23. The molecule has 2 aromatic rings. The number of hydrogen-bond acceptors (Lipinski definition) is 4. The van der Waals surface area contributed by atoms with Crippen molar-refractivity contribution in [3.05, 3.63) is 64.7 Å². The van der Waals surface area contributed by atoms with Gasteiger partial charge >= 0.3 is 5.97 Å². The van der Waals surface area contributed by atoms with E-state index in [0.717, 1.165) is 5.56 Å². The number of halogens is 1. The van der Waals surface area contributed by atoms with Gasteiger partial charge in [-0.2, -0.15) is 0 Å². The van der Waals surface area contributed by atoms with Gasteiger partial charge in [0.05, 0.1) is 11.6 Å². The average molecular weight is 333 g/mol. The fourth-order valence-electron chi connectivity index (χ4n) is 1.97. The van der Waals surface area contributed by atoms with Crippen LogP contribution >= 0.6 is 11.6 Å². The monoisotopic (exact) mass is 332 g/mol. The van der Waals surface area contributed by atoms with E-state index in [9.17, 15) is 9.59 Å². The van der Waals surface area contributed by atoms with E-state index in [2.05, 4.69) is 0 Å². The molecule has 2 rings (SSSR count). The van der Waals surface area contributed by atoms with Crippen LogP contribution in [0.3, 0.4) is 0 Å². The van der Waals surface area contributed by atoms with Crippen LogP contribution in [-0.4, -0.2) is 18.4 Å². The number of ether oxygens (including phenoxy) is 2. The van der Waals surface area contributed by atoms with E-state index in [4.69, 9.17) is 21.1 Å². The topological polar surface area (TPSA) is 52.6 Å². The van der Waals surface area contributed by atoms with Gasteiger partial charge in [0.15, 0.2) is 5.78 Å². The van der Waals surface area contributed by atoms with Gasteiger partial charge in [-0.3, -0.25) is 9.59 Å². The van der Waals surface area contributed by atoms with Crippen LogP contribution in [0.1, 0.15) is 29.3 Å². The van der Waals surface area contributed by atoms with Gasteiger partial charge in [0.1, 0.15) is 18.8 Å². The summed E-state index contributed by atoms with van der Waals surface area (Å²) >= 11 is 6.14. The van der Waals surface area contributed by atoms with Crippen LogP contribution in [0.5, 0.6) is 5.75 Å². The second-order valence-electron chi connectivity index (χ2n) is 4.82. The fraction of sp³-hybridized carbons (Fsp3) is 0.222. The van der Waals surface area contributed by atoms with Crippen molar-refractivity contribution in [2.45, 2.75) is 20.0 Å². The number of benzene rings is 2. The van der Waals surface area contributed by atoms with Crippen LogP contribution in [0.2, 0.25) is 5.02 Å². The highest BCUT2D eigenvalue weighted by Gasteiger charge is 2.14. The van der Waals surface area contributed by atoms with E-state index in [1.807, 2.05) is 30.3 Å². The molecule has 5 heteroatoms. The van der Waals surface area contributed by atoms with E-state index >= 15 is 0 Å². The average Bonchev–Trinajstić information content (AvgIpc) is 2.54. The third kappa shape index (κ3) is 5.11. The molecule has 0 amide bonds. The minimum atomic E-state index is -0.543. The Labute approximate surface area is 140 Å². The van der Waals surface area contributed by atoms with Crippen molar-refractivity contribution in [3.63, 3.8) is 0 Å². The summed E-state index contributed by atoms with van der Waals surface area (Å²) in [6.45, 7) is 2.33. The molecule has 0 heterocycles. The van der Waals surface area contributed by atoms with Gasteiger partial charge in [-0.05, 0) is 30.7 Å². The maximum absolute atomic E-state index is 12.0. The Morgan fingerprint density at radius 1 is 1.09 bits per heavy atom. The van der Waals surface area contributed by atoms with Gasteiger partial charge in [-0.1, -0.05) is 41.9 Å². The van der Waals surface area contributed by atoms with Crippen LogP contribution in [-0.2, 0) is 16.1 Å². The molecule has 0 aromatic heterocycles. The van der Waals surface area contributed by atoms with Gasteiger partial charge in [0.2, 0.25) is 0 Å². The molecular weight excluding hydrogens is 316 g/mol. The molecule has 0 spiro atoms. The molecule has 2 aromatic carbocycles. The van der Waals surface area contributed by atoms with E-state index < -0.39 is 5.97 Å². The third-order valence-corrected chi connectivity index (χ3v) is 3.40. The molecule has 0 aliphatic carbocycles. The minimum Gasteiger partial charge on any atom is -0.487 e. The van der Waals surface area contributed by atoms with Crippen molar-refractivity contribution in [2.24, 2.45) is 0 Å². The zero-order valence-electron chi connectivity index (χ0n) is 12.8. The maximum atomic E-state index is 12.0. The standard InChI is InChI=1S/C18H17ClO4/c1-2-22-18(21)11-16(20)14-8-9-17(15(19)10-14)23-12-13-6-4-3-5-7-13/h3-10H,2,11-12H2,1H3. The summed E-state index contributed by atoms with van der Waals surface area (Å²) in [4.78, 5) is 23.3. The third-order valence-electron chi connectivity index (χ3n) is 3.10. The molecule has 23 heavy (non-hydrogen) atoms. The molecule has 0 aliphatic heterocycles. The first kappa shape index (κ1) is 17.0. The summed E-state index contributed by atoms with van der Waals surface area (Å²) in [7, 11) is 0. The zero-order chi connectivity index (χ0) is 16.7. The smallest absolute Gasteiger partial charge is 0.313 e. The zero-order valence-corrected chi connectivity index (χ0v) is 13.5. The molecule has 0 aliphatic rings. The van der Waals surface area contributed by atoms with E-state index in [1.165, 1.54) is 6.07 Å².